The van der Waals surface area contributed by atoms with Gasteiger partial charge in [-0.05, 0) is 54.9 Å². The molecule has 29 heavy (non-hydrogen) atoms. The molecule has 1 fully saturated rings. The van der Waals surface area contributed by atoms with E-state index < -0.39 is 47.3 Å². The van der Waals surface area contributed by atoms with E-state index in [1.54, 1.807) is 47.6 Å². The molecule has 0 aromatic heterocycles. The SMILES string of the molecule is C/C=C\[C@@H]1C[C@H](C(=O)OC(C)(C)C)N(C(=O)OC(C)(C)C)[C@H]1[C@H](C=O)NC(C)=O. The second-order valence-corrected chi connectivity index (χ2v) is 9.22. The van der Waals surface area contributed by atoms with Crippen molar-refractivity contribution < 1.29 is 28.7 Å². The van der Waals surface area contributed by atoms with Gasteiger partial charge in [0.1, 0.15) is 29.6 Å². The van der Waals surface area contributed by atoms with Crippen LogP contribution in [0, 0.1) is 5.92 Å². The summed E-state index contributed by atoms with van der Waals surface area (Å²) in [6.07, 6.45) is 3.72. The van der Waals surface area contributed by atoms with E-state index >= 15 is 0 Å². The van der Waals surface area contributed by atoms with E-state index in [2.05, 4.69) is 5.32 Å². The number of likely N-dealkylation sites (tertiary alicyclic amines) is 1. The first-order valence-corrected chi connectivity index (χ1v) is 9.79. The molecule has 1 heterocycles. The van der Waals surface area contributed by atoms with Crippen LogP contribution in [0.2, 0.25) is 0 Å². The van der Waals surface area contributed by atoms with Gasteiger partial charge >= 0.3 is 12.1 Å². The highest BCUT2D eigenvalue weighted by atomic mass is 16.6. The molecular formula is C21H34N2O6. The normalized spacial score (nSPS) is 23.6. The van der Waals surface area contributed by atoms with E-state index in [0.717, 1.165) is 0 Å². The molecule has 1 N–H and O–H groups in total. The summed E-state index contributed by atoms with van der Waals surface area (Å²) >= 11 is 0. The van der Waals surface area contributed by atoms with Gasteiger partial charge in [0.25, 0.3) is 0 Å². The zero-order chi connectivity index (χ0) is 22.6. The first-order valence-electron chi connectivity index (χ1n) is 9.79. The molecule has 0 aromatic carbocycles. The summed E-state index contributed by atoms with van der Waals surface area (Å²) < 4.78 is 11.0. The van der Waals surface area contributed by atoms with Crippen LogP contribution in [-0.4, -0.2) is 58.5 Å². The minimum atomic E-state index is -0.992. The highest BCUT2D eigenvalue weighted by Gasteiger charge is 2.51. The number of aldehydes is 1. The quantitative estimate of drug-likeness (QED) is 0.425. The molecule has 0 spiro atoms. The third-order valence-corrected chi connectivity index (χ3v) is 4.20. The lowest BCUT2D eigenvalue weighted by Crippen LogP contribution is -2.57. The molecule has 1 aliphatic heterocycles. The summed E-state index contributed by atoms with van der Waals surface area (Å²) in [6.45, 7) is 13.5. The number of rotatable bonds is 5. The molecule has 1 aliphatic rings. The molecule has 0 saturated carbocycles. The lowest BCUT2D eigenvalue weighted by Gasteiger charge is -2.35. The number of esters is 1. The maximum absolute atomic E-state index is 13.1. The average molecular weight is 411 g/mol. The van der Waals surface area contributed by atoms with Crippen LogP contribution in [0.4, 0.5) is 4.79 Å². The predicted molar refractivity (Wildman–Crippen MR) is 108 cm³/mol. The molecule has 8 heteroatoms. The van der Waals surface area contributed by atoms with Gasteiger partial charge in [-0.2, -0.15) is 0 Å². The molecule has 4 atom stereocenters. The first-order chi connectivity index (χ1) is 13.2. The Morgan fingerprint density at radius 2 is 1.62 bits per heavy atom. The number of nitrogens with one attached hydrogen (secondary N) is 1. The largest absolute Gasteiger partial charge is 0.458 e. The Bertz CT molecular complexity index is 659. The molecule has 0 unspecified atom stereocenters. The summed E-state index contributed by atoms with van der Waals surface area (Å²) in [7, 11) is 0. The van der Waals surface area contributed by atoms with Gasteiger partial charge in [0.05, 0.1) is 6.04 Å². The van der Waals surface area contributed by atoms with E-state index in [4.69, 9.17) is 9.47 Å². The molecule has 1 saturated heterocycles. The average Bonchev–Trinajstić information content (AvgIpc) is 2.89. The van der Waals surface area contributed by atoms with Crippen molar-refractivity contribution in [2.24, 2.45) is 5.92 Å². The molecule has 0 bridgehead atoms. The van der Waals surface area contributed by atoms with Gasteiger partial charge in [0.2, 0.25) is 5.91 Å². The van der Waals surface area contributed by atoms with Crippen LogP contribution in [0.15, 0.2) is 12.2 Å². The van der Waals surface area contributed by atoms with E-state index in [0.29, 0.717) is 6.29 Å². The van der Waals surface area contributed by atoms with Crippen LogP contribution in [0.3, 0.4) is 0 Å². The Morgan fingerprint density at radius 3 is 2.03 bits per heavy atom. The number of hydrogen-bond donors (Lipinski definition) is 1. The predicted octanol–water partition coefficient (Wildman–Crippen LogP) is 2.60. The fourth-order valence-corrected chi connectivity index (χ4v) is 3.38. The molecule has 0 aliphatic carbocycles. The third kappa shape index (κ3) is 7.18. The van der Waals surface area contributed by atoms with Gasteiger partial charge in [-0.3, -0.25) is 9.69 Å². The van der Waals surface area contributed by atoms with E-state index in [-0.39, 0.29) is 12.3 Å². The van der Waals surface area contributed by atoms with Crippen LogP contribution in [0.1, 0.15) is 61.8 Å². The van der Waals surface area contributed by atoms with Crippen molar-refractivity contribution in [2.45, 2.75) is 91.1 Å². The van der Waals surface area contributed by atoms with Crippen molar-refractivity contribution in [2.75, 3.05) is 0 Å². The topological polar surface area (TPSA) is 102 Å². The minimum Gasteiger partial charge on any atom is -0.458 e. The standard InChI is InChI=1S/C21H34N2O6/c1-9-10-14-11-16(18(26)28-20(3,4)5)23(19(27)29-21(6,7)8)17(14)15(12-24)22-13(2)25/h9-10,12,14-17H,11H2,1-8H3,(H,22,25)/b10-9-/t14-,15+,16-,17-/m1/s1. The van der Waals surface area contributed by atoms with Gasteiger partial charge in [-0.1, -0.05) is 12.2 Å². The Kier molecular flexibility index (Phi) is 8.00. The monoisotopic (exact) mass is 410 g/mol. The fourth-order valence-electron chi connectivity index (χ4n) is 3.38. The van der Waals surface area contributed by atoms with Gasteiger partial charge in [-0.15, -0.1) is 0 Å². The van der Waals surface area contributed by atoms with Gasteiger partial charge in [0, 0.05) is 12.8 Å². The minimum absolute atomic E-state index is 0.257. The summed E-state index contributed by atoms with van der Waals surface area (Å²) in [5.41, 5.74) is -1.55. The molecule has 2 amide bonds. The van der Waals surface area contributed by atoms with Crippen molar-refractivity contribution in [3.8, 4) is 0 Å². The van der Waals surface area contributed by atoms with E-state index in [9.17, 15) is 19.2 Å². The first kappa shape index (κ1) is 24.7. The lowest BCUT2D eigenvalue weighted by molar-refractivity contribution is -0.160. The Morgan fingerprint density at radius 1 is 1.07 bits per heavy atom. The summed E-state index contributed by atoms with van der Waals surface area (Å²) in [5.74, 6) is -1.33. The Hall–Kier alpha value is -2.38. The van der Waals surface area contributed by atoms with Gasteiger partial charge in [-0.25, -0.2) is 9.59 Å². The molecular weight excluding hydrogens is 376 g/mol. The highest BCUT2D eigenvalue weighted by Crippen LogP contribution is 2.35. The fraction of sp³-hybridized carbons (Fsp3) is 0.714. The van der Waals surface area contributed by atoms with Crippen LogP contribution in [0.25, 0.3) is 0 Å². The van der Waals surface area contributed by atoms with Crippen LogP contribution < -0.4 is 5.32 Å². The van der Waals surface area contributed by atoms with E-state index in [1.165, 1.54) is 11.8 Å². The number of carbonyl (C=O) groups excluding carboxylic acids is 4. The molecule has 0 aromatic rings. The van der Waals surface area contributed by atoms with Crippen LogP contribution in [0.5, 0.6) is 0 Å². The van der Waals surface area contributed by atoms with Crippen molar-refractivity contribution in [3.63, 3.8) is 0 Å². The van der Waals surface area contributed by atoms with Gasteiger partial charge < -0.3 is 19.6 Å². The molecule has 0 radical (unpaired) electrons. The second kappa shape index (κ2) is 9.41. The zero-order valence-corrected chi connectivity index (χ0v) is 18.6. The molecule has 1 rings (SSSR count). The summed E-state index contributed by atoms with van der Waals surface area (Å²) in [4.78, 5) is 50.6. The third-order valence-electron chi connectivity index (χ3n) is 4.20. The number of nitrogens with zero attached hydrogens (tertiary/aromatic N) is 1. The number of allylic oxidation sites excluding steroid dienone is 1. The van der Waals surface area contributed by atoms with Crippen molar-refractivity contribution >= 4 is 24.3 Å². The number of hydrogen-bond acceptors (Lipinski definition) is 6. The zero-order valence-electron chi connectivity index (χ0n) is 18.6. The van der Waals surface area contributed by atoms with Crippen molar-refractivity contribution in [3.05, 3.63) is 12.2 Å². The van der Waals surface area contributed by atoms with Crippen LogP contribution in [-0.2, 0) is 23.9 Å². The van der Waals surface area contributed by atoms with Crippen LogP contribution >= 0.6 is 0 Å². The maximum Gasteiger partial charge on any atom is 0.411 e. The van der Waals surface area contributed by atoms with E-state index in [1.807, 2.05) is 13.0 Å². The summed E-state index contributed by atoms with van der Waals surface area (Å²) in [5, 5.41) is 2.57. The number of ether oxygens (including phenoxy) is 2. The van der Waals surface area contributed by atoms with Crippen molar-refractivity contribution in [1.82, 2.24) is 10.2 Å². The second-order valence-electron chi connectivity index (χ2n) is 9.22. The van der Waals surface area contributed by atoms with Gasteiger partial charge in [0.15, 0.2) is 0 Å². The molecule has 164 valence electrons. The number of carbonyl (C=O) groups is 4. The molecule has 8 nitrogen and oxygen atoms in total. The highest BCUT2D eigenvalue weighted by molar-refractivity contribution is 5.84. The van der Waals surface area contributed by atoms with Crippen molar-refractivity contribution in [1.29, 1.82) is 0 Å². The Labute approximate surface area is 173 Å². The number of amides is 2. The lowest BCUT2D eigenvalue weighted by atomic mass is 9.93. The summed E-state index contributed by atoms with van der Waals surface area (Å²) in [6, 6.07) is -2.71. The maximum atomic E-state index is 13.1. The smallest absolute Gasteiger partial charge is 0.411 e. The Balaban J connectivity index is 3.43.